The Kier molecular flexibility index (Phi) is 6.21. The van der Waals surface area contributed by atoms with Gasteiger partial charge in [0.25, 0.3) is 0 Å². The van der Waals surface area contributed by atoms with Crippen molar-refractivity contribution in [3.63, 3.8) is 0 Å². The summed E-state index contributed by atoms with van der Waals surface area (Å²) in [4.78, 5) is 24.2. The van der Waals surface area contributed by atoms with Crippen LogP contribution < -0.4 is 29.6 Å². The highest BCUT2D eigenvalue weighted by molar-refractivity contribution is 5.95. The second-order valence-corrected chi connectivity index (χ2v) is 6.05. The maximum absolute atomic E-state index is 12.1. The summed E-state index contributed by atoms with van der Waals surface area (Å²) in [7, 11) is 3.08. The Labute approximate surface area is 162 Å². The van der Waals surface area contributed by atoms with Gasteiger partial charge in [0.05, 0.1) is 27.2 Å². The molecule has 2 aromatic carbocycles. The Morgan fingerprint density at radius 1 is 0.929 bits per heavy atom. The molecule has 8 heteroatoms. The van der Waals surface area contributed by atoms with Crippen molar-refractivity contribution in [3.05, 3.63) is 42.0 Å². The lowest BCUT2D eigenvalue weighted by molar-refractivity contribution is -0.123. The maximum atomic E-state index is 12.1. The highest BCUT2D eigenvalue weighted by Gasteiger charge is 2.13. The number of anilines is 1. The molecule has 2 N–H and O–H groups in total. The van der Waals surface area contributed by atoms with E-state index < -0.39 is 0 Å². The first-order chi connectivity index (χ1) is 13.6. The fourth-order valence-corrected chi connectivity index (χ4v) is 2.74. The highest BCUT2D eigenvalue weighted by Crippen LogP contribution is 2.32. The van der Waals surface area contributed by atoms with E-state index in [0.717, 1.165) is 5.56 Å². The average molecular weight is 386 g/mol. The molecule has 0 unspecified atom stereocenters. The normalized spacial score (nSPS) is 12.1. The molecule has 0 bridgehead atoms. The van der Waals surface area contributed by atoms with E-state index in [0.29, 0.717) is 41.9 Å². The van der Waals surface area contributed by atoms with Crippen molar-refractivity contribution in [2.24, 2.45) is 0 Å². The number of nitrogens with one attached hydrogen (secondary N) is 2. The summed E-state index contributed by atoms with van der Waals surface area (Å²) in [5, 5.41) is 5.32. The zero-order valence-corrected chi connectivity index (χ0v) is 15.7. The van der Waals surface area contributed by atoms with Gasteiger partial charge < -0.3 is 29.6 Å². The monoisotopic (exact) mass is 386 g/mol. The van der Waals surface area contributed by atoms with Crippen molar-refractivity contribution in [1.29, 1.82) is 0 Å². The van der Waals surface area contributed by atoms with E-state index in [2.05, 4.69) is 10.6 Å². The van der Waals surface area contributed by atoms with Gasteiger partial charge in [0, 0.05) is 11.8 Å². The fraction of sp³-hybridized carbons (Fsp3) is 0.300. The van der Waals surface area contributed by atoms with Crippen LogP contribution in [0.2, 0.25) is 0 Å². The van der Waals surface area contributed by atoms with Crippen LogP contribution in [0.1, 0.15) is 5.56 Å². The Morgan fingerprint density at radius 3 is 2.43 bits per heavy atom. The molecule has 1 aliphatic rings. The van der Waals surface area contributed by atoms with Gasteiger partial charge in [-0.15, -0.1) is 0 Å². The lowest BCUT2D eigenvalue weighted by Gasteiger charge is -2.19. The van der Waals surface area contributed by atoms with E-state index in [9.17, 15) is 9.59 Å². The second-order valence-electron chi connectivity index (χ2n) is 6.05. The van der Waals surface area contributed by atoms with Crippen LogP contribution in [0.4, 0.5) is 5.69 Å². The first kappa shape index (κ1) is 19.3. The van der Waals surface area contributed by atoms with Gasteiger partial charge in [0.15, 0.2) is 23.0 Å². The van der Waals surface area contributed by atoms with Crippen LogP contribution in [0, 0.1) is 0 Å². The number of ether oxygens (including phenoxy) is 4. The molecule has 2 aromatic rings. The van der Waals surface area contributed by atoms with Crippen molar-refractivity contribution in [2.75, 3.05) is 39.3 Å². The fourth-order valence-electron chi connectivity index (χ4n) is 2.74. The van der Waals surface area contributed by atoms with E-state index in [1.807, 2.05) is 0 Å². The van der Waals surface area contributed by atoms with Crippen molar-refractivity contribution < 1.29 is 28.5 Å². The third-order valence-electron chi connectivity index (χ3n) is 4.08. The van der Waals surface area contributed by atoms with E-state index >= 15 is 0 Å². The molecule has 0 aliphatic carbocycles. The quantitative estimate of drug-likeness (QED) is 0.753. The summed E-state index contributed by atoms with van der Waals surface area (Å²) in [5.41, 5.74) is 1.32. The second kappa shape index (κ2) is 8.98. The largest absolute Gasteiger partial charge is 0.493 e. The summed E-state index contributed by atoms with van der Waals surface area (Å²) in [6.45, 7) is 0.835. The molecule has 28 heavy (non-hydrogen) atoms. The number of methoxy groups -OCH3 is 2. The predicted octanol–water partition coefficient (Wildman–Crippen LogP) is 1.77. The Bertz CT molecular complexity index is 814. The van der Waals surface area contributed by atoms with Crippen LogP contribution in [0.15, 0.2) is 36.4 Å². The molecule has 8 nitrogen and oxygen atoms in total. The molecule has 0 spiro atoms. The topological polar surface area (TPSA) is 95.1 Å². The molecule has 1 aliphatic heterocycles. The Morgan fingerprint density at radius 2 is 1.68 bits per heavy atom. The molecule has 0 atom stereocenters. The predicted molar refractivity (Wildman–Crippen MR) is 102 cm³/mol. The van der Waals surface area contributed by atoms with E-state index in [4.69, 9.17) is 18.9 Å². The van der Waals surface area contributed by atoms with Crippen molar-refractivity contribution in [3.8, 4) is 23.0 Å². The third kappa shape index (κ3) is 4.85. The van der Waals surface area contributed by atoms with Gasteiger partial charge in [-0.25, -0.2) is 0 Å². The minimum atomic E-state index is -0.336. The third-order valence-corrected chi connectivity index (χ3v) is 4.08. The lowest BCUT2D eigenvalue weighted by atomic mass is 10.1. The minimum absolute atomic E-state index is 0.123. The van der Waals surface area contributed by atoms with Crippen LogP contribution >= 0.6 is 0 Å². The molecule has 0 saturated heterocycles. The number of carbonyl (C=O) groups excluding carboxylic acids is 2. The smallest absolute Gasteiger partial charge is 0.243 e. The molecule has 148 valence electrons. The Balaban J connectivity index is 1.50. The molecule has 0 radical (unpaired) electrons. The first-order valence-corrected chi connectivity index (χ1v) is 8.76. The van der Waals surface area contributed by atoms with Gasteiger partial charge in [0.1, 0.15) is 13.2 Å². The Hall–Kier alpha value is -3.42. The minimum Gasteiger partial charge on any atom is -0.493 e. The van der Waals surface area contributed by atoms with Crippen LogP contribution in [-0.4, -0.2) is 45.8 Å². The summed E-state index contributed by atoms with van der Waals surface area (Å²) in [6.07, 6.45) is 0.123. The van der Waals surface area contributed by atoms with Crippen LogP contribution in [0.3, 0.4) is 0 Å². The first-order valence-electron chi connectivity index (χ1n) is 8.76. The lowest BCUT2D eigenvalue weighted by Crippen LogP contribution is -2.33. The molecule has 2 amide bonds. The van der Waals surface area contributed by atoms with Gasteiger partial charge in [-0.2, -0.15) is 0 Å². The number of fused-ring (bicyclic) bond motifs is 1. The van der Waals surface area contributed by atoms with Gasteiger partial charge in [0.2, 0.25) is 11.8 Å². The number of hydrogen-bond acceptors (Lipinski definition) is 6. The average Bonchev–Trinajstić information content (AvgIpc) is 2.72. The summed E-state index contributed by atoms with van der Waals surface area (Å²) >= 11 is 0. The van der Waals surface area contributed by atoms with Crippen LogP contribution in [0.5, 0.6) is 23.0 Å². The maximum Gasteiger partial charge on any atom is 0.243 e. The molecule has 0 fully saturated rings. The van der Waals surface area contributed by atoms with Crippen molar-refractivity contribution in [1.82, 2.24) is 5.32 Å². The van der Waals surface area contributed by atoms with Gasteiger partial charge in [-0.3, -0.25) is 9.59 Å². The zero-order chi connectivity index (χ0) is 19.9. The van der Waals surface area contributed by atoms with Gasteiger partial charge in [-0.05, 0) is 29.8 Å². The molecular formula is C20H22N2O6. The molecule has 3 rings (SSSR count). The summed E-state index contributed by atoms with van der Waals surface area (Å²) in [6, 6.07) is 10.4. The van der Waals surface area contributed by atoms with E-state index in [1.54, 1.807) is 43.5 Å². The number of benzene rings is 2. The highest BCUT2D eigenvalue weighted by atomic mass is 16.6. The number of amides is 2. The summed E-state index contributed by atoms with van der Waals surface area (Å²) in [5.74, 6) is 1.76. The molecule has 0 aromatic heterocycles. The van der Waals surface area contributed by atoms with Crippen molar-refractivity contribution in [2.45, 2.75) is 6.42 Å². The number of rotatable bonds is 7. The van der Waals surface area contributed by atoms with Crippen LogP contribution in [-0.2, 0) is 16.0 Å². The molecular weight excluding hydrogens is 364 g/mol. The van der Waals surface area contributed by atoms with Crippen LogP contribution in [0.25, 0.3) is 0 Å². The van der Waals surface area contributed by atoms with Gasteiger partial charge >= 0.3 is 0 Å². The molecule has 1 heterocycles. The SMILES string of the molecule is COc1ccc(CC(=O)NCC(=O)Nc2ccc3c(c2)OCCO3)cc1OC. The van der Waals surface area contributed by atoms with E-state index in [1.165, 1.54) is 7.11 Å². The standard InChI is InChI=1S/C20H22N2O6/c1-25-15-5-3-13(9-17(15)26-2)10-19(23)21-12-20(24)22-14-4-6-16-18(11-14)28-8-7-27-16/h3-6,9,11H,7-8,10,12H2,1-2H3,(H,21,23)(H,22,24). The number of hydrogen-bond donors (Lipinski definition) is 2. The van der Waals surface area contributed by atoms with Crippen molar-refractivity contribution >= 4 is 17.5 Å². The van der Waals surface area contributed by atoms with Gasteiger partial charge in [-0.1, -0.05) is 6.07 Å². The zero-order valence-electron chi connectivity index (χ0n) is 15.7. The van der Waals surface area contributed by atoms with E-state index in [-0.39, 0.29) is 24.8 Å². The summed E-state index contributed by atoms with van der Waals surface area (Å²) < 4.78 is 21.3. The molecule has 0 saturated carbocycles. The number of carbonyl (C=O) groups is 2.